The average molecular weight is 466 g/mol. The predicted molar refractivity (Wildman–Crippen MR) is 123 cm³/mol. The number of nitrogens with one attached hydrogen (secondary N) is 2. The van der Waals surface area contributed by atoms with Gasteiger partial charge in [-0.3, -0.25) is 9.59 Å². The third-order valence-electron chi connectivity index (χ3n) is 4.82. The Kier molecular flexibility index (Phi) is 6.99. The molecule has 4 rings (SSSR count). The average Bonchev–Trinajstić information content (AvgIpc) is 3.54. The van der Waals surface area contributed by atoms with E-state index in [0.29, 0.717) is 23.6 Å². The van der Waals surface area contributed by atoms with Gasteiger partial charge >= 0.3 is 5.97 Å². The monoisotopic (exact) mass is 465 g/mol. The molecule has 1 heterocycles. The zero-order valence-corrected chi connectivity index (χ0v) is 18.8. The molecule has 170 valence electrons. The quantitative estimate of drug-likeness (QED) is 0.467. The van der Waals surface area contributed by atoms with Gasteiger partial charge in [0.2, 0.25) is 0 Å². The number of amides is 2. The zero-order chi connectivity index (χ0) is 23.2. The first-order chi connectivity index (χ1) is 16.0. The van der Waals surface area contributed by atoms with E-state index in [1.807, 2.05) is 12.3 Å². The Hall–Kier alpha value is -3.72. The minimum Gasteiger partial charge on any atom is -0.487 e. The van der Waals surface area contributed by atoms with Gasteiger partial charge < -0.3 is 20.1 Å². The minimum atomic E-state index is -0.653. The molecule has 1 aliphatic rings. The Morgan fingerprint density at radius 2 is 1.94 bits per heavy atom. The van der Waals surface area contributed by atoms with Crippen LogP contribution in [0.1, 0.15) is 44.3 Å². The summed E-state index contributed by atoms with van der Waals surface area (Å²) in [6.07, 6.45) is 1.93. The molecule has 0 atom stereocenters. The molecule has 0 aliphatic heterocycles. The lowest BCUT2D eigenvalue weighted by Gasteiger charge is -2.11. The summed E-state index contributed by atoms with van der Waals surface area (Å²) in [6, 6.07) is 13.4. The van der Waals surface area contributed by atoms with E-state index in [4.69, 9.17) is 9.47 Å². The van der Waals surface area contributed by atoms with Crippen LogP contribution in [0.15, 0.2) is 53.9 Å². The van der Waals surface area contributed by atoms with Crippen LogP contribution in [0.5, 0.6) is 5.75 Å². The maximum Gasteiger partial charge on any atom is 0.338 e. The molecule has 0 spiro atoms. The summed E-state index contributed by atoms with van der Waals surface area (Å²) < 4.78 is 10.8. The van der Waals surface area contributed by atoms with Crippen molar-refractivity contribution in [2.24, 2.45) is 0 Å². The van der Waals surface area contributed by atoms with Gasteiger partial charge in [0.1, 0.15) is 12.4 Å². The molecule has 0 saturated heterocycles. The molecule has 0 unspecified atom stereocenters. The Labute approximate surface area is 194 Å². The largest absolute Gasteiger partial charge is 0.487 e. The van der Waals surface area contributed by atoms with Crippen molar-refractivity contribution in [2.45, 2.75) is 32.4 Å². The molecule has 0 radical (unpaired) electrons. The highest BCUT2D eigenvalue weighted by Crippen LogP contribution is 2.22. The fourth-order valence-corrected chi connectivity index (χ4v) is 3.62. The highest BCUT2D eigenvalue weighted by molar-refractivity contribution is 7.09. The lowest BCUT2D eigenvalue weighted by atomic mass is 10.1. The van der Waals surface area contributed by atoms with Crippen LogP contribution in [0.25, 0.3) is 0 Å². The third kappa shape index (κ3) is 6.39. The van der Waals surface area contributed by atoms with Gasteiger partial charge in [0.25, 0.3) is 11.8 Å². The molecule has 2 amide bonds. The lowest BCUT2D eigenvalue weighted by molar-refractivity contribution is -0.119. The first kappa shape index (κ1) is 22.5. The van der Waals surface area contributed by atoms with Crippen molar-refractivity contribution in [3.8, 4) is 5.75 Å². The van der Waals surface area contributed by atoms with E-state index in [-0.39, 0.29) is 17.5 Å². The van der Waals surface area contributed by atoms with Gasteiger partial charge in [-0.1, -0.05) is 18.2 Å². The van der Waals surface area contributed by atoms with Crippen LogP contribution in [0, 0.1) is 6.92 Å². The second-order valence-corrected chi connectivity index (χ2v) is 8.65. The number of esters is 1. The summed E-state index contributed by atoms with van der Waals surface area (Å²) in [5, 5.41) is 8.40. The maximum absolute atomic E-state index is 12.4. The third-order valence-corrected chi connectivity index (χ3v) is 5.64. The van der Waals surface area contributed by atoms with Crippen LogP contribution >= 0.6 is 11.3 Å². The number of nitrogens with zero attached hydrogens (tertiary/aromatic N) is 1. The molecule has 2 aromatic carbocycles. The van der Waals surface area contributed by atoms with Crippen molar-refractivity contribution in [3.05, 3.63) is 75.7 Å². The number of aryl methyl sites for hydroxylation is 1. The van der Waals surface area contributed by atoms with E-state index in [9.17, 15) is 14.4 Å². The second-order valence-electron chi connectivity index (χ2n) is 7.59. The number of hydrogen-bond acceptors (Lipinski definition) is 7. The Balaban J connectivity index is 1.30. The second kappa shape index (κ2) is 10.3. The number of para-hydroxylation sites is 1. The Bertz CT molecular complexity index is 1170. The highest BCUT2D eigenvalue weighted by atomic mass is 32.1. The van der Waals surface area contributed by atoms with E-state index in [1.54, 1.807) is 48.5 Å². The summed E-state index contributed by atoms with van der Waals surface area (Å²) in [5.41, 5.74) is 1.81. The van der Waals surface area contributed by atoms with Crippen molar-refractivity contribution in [3.63, 3.8) is 0 Å². The maximum atomic E-state index is 12.4. The number of ether oxygens (including phenoxy) is 2. The molecule has 0 bridgehead atoms. The Morgan fingerprint density at radius 1 is 1.12 bits per heavy atom. The SMILES string of the molecule is Cc1nc(COc2cccc(C(=O)OCC(=O)Nc3ccccc3C(=O)NC3CC3)c2)cs1. The number of benzene rings is 2. The first-order valence-corrected chi connectivity index (χ1v) is 11.4. The fraction of sp³-hybridized carbons (Fsp3) is 0.250. The number of carbonyl (C=O) groups is 3. The molecule has 8 nitrogen and oxygen atoms in total. The normalized spacial score (nSPS) is 12.6. The Morgan fingerprint density at radius 3 is 2.70 bits per heavy atom. The van der Waals surface area contributed by atoms with E-state index in [2.05, 4.69) is 15.6 Å². The molecule has 1 aromatic heterocycles. The molecular formula is C24H23N3O5S. The van der Waals surface area contributed by atoms with Gasteiger partial charge in [-0.25, -0.2) is 9.78 Å². The van der Waals surface area contributed by atoms with Crippen molar-refractivity contribution < 1.29 is 23.9 Å². The molecule has 9 heteroatoms. The number of aromatic nitrogens is 1. The van der Waals surface area contributed by atoms with Crippen molar-refractivity contribution in [1.29, 1.82) is 0 Å². The van der Waals surface area contributed by atoms with Gasteiger partial charge in [-0.15, -0.1) is 11.3 Å². The smallest absolute Gasteiger partial charge is 0.338 e. The minimum absolute atomic E-state index is 0.201. The van der Waals surface area contributed by atoms with Crippen LogP contribution in [-0.2, 0) is 16.1 Å². The molecule has 1 saturated carbocycles. The van der Waals surface area contributed by atoms with Crippen molar-refractivity contribution >= 4 is 34.8 Å². The van der Waals surface area contributed by atoms with E-state index in [1.165, 1.54) is 11.3 Å². The summed E-state index contributed by atoms with van der Waals surface area (Å²) in [7, 11) is 0. The summed E-state index contributed by atoms with van der Waals surface area (Å²) in [4.78, 5) is 41.4. The van der Waals surface area contributed by atoms with Gasteiger partial charge in [0, 0.05) is 11.4 Å². The van der Waals surface area contributed by atoms with E-state index >= 15 is 0 Å². The zero-order valence-electron chi connectivity index (χ0n) is 18.0. The first-order valence-electron chi connectivity index (χ1n) is 10.5. The van der Waals surface area contributed by atoms with Crippen LogP contribution < -0.4 is 15.4 Å². The molecule has 3 aromatic rings. The number of thiazole rings is 1. The van der Waals surface area contributed by atoms with Crippen molar-refractivity contribution in [2.75, 3.05) is 11.9 Å². The van der Waals surface area contributed by atoms with Crippen LogP contribution in [0.2, 0.25) is 0 Å². The van der Waals surface area contributed by atoms with Gasteiger partial charge in [0.05, 0.1) is 27.5 Å². The molecule has 1 fully saturated rings. The number of rotatable bonds is 9. The molecular weight excluding hydrogens is 442 g/mol. The summed E-state index contributed by atoms with van der Waals surface area (Å²) in [5.74, 6) is -0.939. The fourth-order valence-electron chi connectivity index (χ4n) is 3.03. The number of hydrogen-bond donors (Lipinski definition) is 2. The van der Waals surface area contributed by atoms with E-state index in [0.717, 1.165) is 23.5 Å². The summed E-state index contributed by atoms with van der Waals surface area (Å²) >= 11 is 1.54. The van der Waals surface area contributed by atoms with Crippen molar-refractivity contribution in [1.82, 2.24) is 10.3 Å². The highest BCUT2D eigenvalue weighted by Gasteiger charge is 2.25. The molecule has 1 aliphatic carbocycles. The topological polar surface area (TPSA) is 107 Å². The molecule has 33 heavy (non-hydrogen) atoms. The number of anilines is 1. The van der Waals surface area contributed by atoms with Gasteiger partial charge in [0.15, 0.2) is 6.61 Å². The molecule has 2 N–H and O–H groups in total. The lowest BCUT2D eigenvalue weighted by Crippen LogP contribution is -2.28. The summed E-state index contributed by atoms with van der Waals surface area (Å²) in [6.45, 7) is 1.72. The van der Waals surface area contributed by atoms with Gasteiger partial charge in [-0.05, 0) is 50.1 Å². The van der Waals surface area contributed by atoms with Crippen LogP contribution in [0.4, 0.5) is 5.69 Å². The van der Waals surface area contributed by atoms with Gasteiger partial charge in [-0.2, -0.15) is 0 Å². The van der Waals surface area contributed by atoms with Crippen LogP contribution in [0.3, 0.4) is 0 Å². The van der Waals surface area contributed by atoms with Crippen LogP contribution in [-0.4, -0.2) is 35.4 Å². The van der Waals surface area contributed by atoms with E-state index < -0.39 is 18.5 Å². The predicted octanol–water partition coefficient (Wildman–Crippen LogP) is 3.72. The standard InChI is InChI=1S/C24H23N3O5S/c1-15-25-18(14-33-15)12-31-19-6-4-5-16(11-19)24(30)32-13-22(28)27-21-8-3-2-7-20(21)23(29)26-17-9-10-17/h2-8,11,14,17H,9-10,12-13H2,1H3,(H,26,29)(H,27,28). The number of carbonyl (C=O) groups excluding carboxylic acids is 3.